The Morgan fingerprint density at radius 1 is 0.411 bits per heavy atom. The first-order valence-electron chi connectivity index (χ1n) is 19.2. The molecule has 0 fully saturated rings. The highest BCUT2D eigenvalue weighted by molar-refractivity contribution is 7.50. The van der Waals surface area contributed by atoms with Gasteiger partial charge in [0.15, 0.2) is 0 Å². The Bertz CT molecular complexity index is 1970. The summed E-state index contributed by atoms with van der Waals surface area (Å²) >= 11 is 0. The first-order chi connectivity index (χ1) is 27.7. The SMILES string of the molecule is COc1cc2c(c(-c3c4c(cc(OC)c3NP(Oc3ccccc3)Oc3ccccc3)CCCC4)c1NP(Oc1ccccc1)Oc1ccccc1)CCCC2. The first-order valence-corrected chi connectivity index (χ1v) is 21.5. The van der Waals surface area contributed by atoms with Crippen molar-refractivity contribution in [3.8, 4) is 45.6 Å². The van der Waals surface area contributed by atoms with Gasteiger partial charge in [0.1, 0.15) is 34.5 Å². The van der Waals surface area contributed by atoms with Crippen molar-refractivity contribution in [2.75, 3.05) is 24.4 Å². The summed E-state index contributed by atoms with van der Waals surface area (Å²) in [7, 11) is -0.0780. The fraction of sp³-hybridized carbons (Fsp3) is 0.217. The quantitative estimate of drug-likeness (QED) is 0.0997. The second-order valence-corrected chi connectivity index (χ2v) is 15.9. The third-order valence-corrected chi connectivity index (χ3v) is 12.4. The Hall–Kier alpha value is -5.42. The molecule has 0 unspecified atom stereocenters. The minimum absolute atomic E-state index is 0.698. The second-order valence-electron chi connectivity index (χ2n) is 13.7. The van der Waals surface area contributed by atoms with Crippen LogP contribution >= 0.6 is 17.1 Å². The molecule has 0 spiro atoms. The van der Waals surface area contributed by atoms with Crippen LogP contribution in [0.2, 0.25) is 0 Å². The van der Waals surface area contributed by atoms with Crippen LogP contribution in [0.3, 0.4) is 0 Å². The number of ether oxygens (including phenoxy) is 2. The Morgan fingerprint density at radius 3 is 1.02 bits per heavy atom. The number of anilines is 2. The van der Waals surface area contributed by atoms with Gasteiger partial charge in [0.2, 0.25) is 0 Å². The lowest BCUT2D eigenvalue weighted by atomic mass is 9.79. The molecule has 0 heterocycles. The summed E-state index contributed by atoms with van der Waals surface area (Å²) in [6.45, 7) is 0. The molecule has 8 nitrogen and oxygen atoms in total. The Balaban J connectivity index is 1.32. The third kappa shape index (κ3) is 8.68. The second kappa shape index (κ2) is 18.0. The summed E-state index contributed by atoms with van der Waals surface area (Å²) in [4.78, 5) is 0. The number of methoxy groups -OCH3 is 2. The van der Waals surface area contributed by atoms with Crippen molar-refractivity contribution >= 4 is 28.4 Å². The van der Waals surface area contributed by atoms with E-state index in [0.29, 0.717) is 23.0 Å². The zero-order valence-electron chi connectivity index (χ0n) is 31.7. The predicted octanol–water partition coefficient (Wildman–Crippen LogP) is 12.7. The van der Waals surface area contributed by atoms with E-state index in [9.17, 15) is 0 Å². The van der Waals surface area contributed by atoms with Crippen molar-refractivity contribution in [1.29, 1.82) is 0 Å². The summed E-state index contributed by atoms with van der Waals surface area (Å²) in [5.74, 6) is 4.24. The molecular weight excluding hydrogens is 738 g/mol. The van der Waals surface area contributed by atoms with Crippen LogP contribution in [0.1, 0.15) is 47.9 Å². The van der Waals surface area contributed by atoms with Crippen LogP contribution in [0.25, 0.3) is 11.1 Å². The first kappa shape index (κ1) is 37.5. The molecule has 2 N–H and O–H groups in total. The fourth-order valence-electron chi connectivity index (χ4n) is 7.47. The van der Waals surface area contributed by atoms with E-state index in [-0.39, 0.29) is 0 Å². The summed E-state index contributed by atoms with van der Waals surface area (Å²) in [6, 6.07) is 43.5. The van der Waals surface area contributed by atoms with E-state index in [1.54, 1.807) is 14.2 Å². The van der Waals surface area contributed by atoms with Crippen molar-refractivity contribution in [3.05, 3.63) is 156 Å². The van der Waals surface area contributed by atoms with Gasteiger partial charge in [-0.1, -0.05) is 72.8 Å². The summed E-state index contributed by atoms with van der Waals surface area (Å²) in [5.41, 5.74) is 8.90. The lowest BCUT2D eigenvalue weighted by Gasteiger charge is -2.32. The number of hydrogen-bond donors (Lipinski definition) is 2. The van der Waals surface area contributed by atoms with Crippen LogP contribution in [-0.4, -0.2) is 14.2 Å². The van der Waals surface area contributed by atoms with Gasteiger partial charge in [-0.2, -0.15) is 0 Å². The molecule has 286 valence electrons. The van der Waals surface area contributed by atoms with Crippen LogP contribution in [0.4, 0.5) is 11.4 Å². The van der Waals surface area contributed by atoms with Gasteiger partial charge >= 0.3 is 17.1 Å². The average Bonchev–Trinajstić information content (AvgIpc) is 3.25. The third-order valence-electron chi connectivity index (χ3n) is 10.1. The van der Waals surface area contributed by atoms with E-state index in [1.807, 2.05) is 121 Å². The zero-order chi connectivity index (χ0) is 38.1. The van der Waals surface area contributed by atoms with E-state index in [1.165, 1.54) is 22.3 Å². The highest BCUT2D eigenvalue weighted by Gasteiger charge is 2.33. The van der Waals surface area contributed by atoms with Gasteiger partial charge in [-0.25, -0.2) is 0 Å². The van der Waals surface area contributed by atoms with Crippen molar-refractivity contribution in [1.82, 2.24) is 0 Å². The lowest BCUT2D eigenvalue weighted by molar-refractivity contribution is 0.414. The van der Waals surface area contributed by atoms with Crippen molar-refractivity contribution in [3.63, 3.8) is 0 Å². The Morgan fingerprint density at radius 2 is 0.714 bits per heavy atom. The maximum Gasteiger partial charge on any atom is 0.414 e. The van der Waals surface area contributed by atoms with Crippen LogP contribution < -0.4 is 37.7 Å². The van der Waals surface area contributed by atoms with Crippen LogP contribution in [0.5, 0.6) is 34.5 Å². The molecule has 0 saturated carbocycles. The number of benzene rings is 6. The van der Waals surface area contributed by atoms with Crippen molar-refractivity contribution in [2.24, 2.45) is 0 Å². The van der Waals surface area contributed by atoms with Gasteiger partial charge < -0.3 is 27.6 Å². The molecule has 6 aromatic rings. The fourth-order valence-corrected chi connectivity index (χ4v) is 9.79. The smallest absolute Gasteiger partial charge is 0.414 e. The van der Waals surface area contributed by atoms with E-state index >= 15 is 0 Å². The number of aryl methyl sites for hydroxylation is 2. The summed E-state index contributed by atoms with van der Waals surface area (Å²) in [5, 5.41) is 7.57. The minimum Gasteiger partial charge on any atom is -0.495 e. The molecule has 8 rings (SSSR count). The van der Waals surface area contributed by atoms with Gasteiger partial charge in [-0.3, -0.25) is 10.2 Å². The molecule has 0 radical (unpaired) electrons. The van der Waals surface area contributed by atoms with Gasteiger partial charge in [-0.05, 0) is 134 Å². The molecule has 0 atom stereocenters. The van der Waals surface area contributed by atoms with Gasteiger partial charge in [0, 0.05) is 11.1 Å². The van der Waals surface area contributed by atoms with Crippen LogP contribution in [-0.2, 0) is 25.7 Å². The molecule has 56 heavy (non-hydrogen) atoms. The highest BCUT2D eigenvalue weighted by Crippen LogP contribution is 2.56. The van der Waals surface area contributed by atoms with Gasteiger partial charge in [0.25, 0.3) is 0 Å². The predicted molar refractivity (Wildman–Crippen MR) is 228 cm³/mol. The van der Waals surface area contributed by atoms with E-state index in [2.05, 4.69) is 22.3 Å². The summed E-state index contributed by atoms with van der Waals surface area (Å²) < 4.78 is 39.2. The molecule has 6 aromatic carbocycles. The van der Waals surface area contributed by atoms with E-state index in [0.717, 1.165) is 85.4 Å². The molecule has 0 saturated heterocycles. The molecule has 2 aliphatic carbocycles. The van der Waals surface area contributed by atoms with Gasteiger partial charge in [0.05, 0.1) is 25.6 Å². The number of hydrogen-bond acceptors (Lipinski definition) is 8. The highest BCUT2D eigenvalue weighted by atomic mass is 31.2. The van der Waals surface area contributed by atoms with E-state index < -0.39 is 17.1 Å². The van der Waals surface area contributed by atoms with Crippen LogP contribution in [0.15, 0.2) is 133 Å². The largest absolute Gasteiger partial charge is 0.495 e. The number of nitrogens with one attached hydrogen (secondary N) is 2. The molecule has 2 aliphatic rings. The molecule has 0 bridgehead atoms. The van der Waals surface area contributed by atoms with Gasteiger partial charge in [-0.15, -0.1) is 0 Å². The zero-order valence-corrected chi connectivity index (χ0v) is 33.5. The number of para-hydroxylation sites is 4. The minimum atomic E-state index is -1.77. The Kier molecular flexibility index (Phi) is 12.1. The monoisotopic (exact) mass is 784 g/mol. The standard InChI is InChI=1S/C46H46N2O6P2/c1-49-41-31-33-19-15-17-29-39(33)43(45(41)47-55(51-35-21-7-3-8-22-35)52-36-23-9-4-10-24-36)44-40-30-18-16-20-34(40)32-42(50-2)46(44)48-56(53-37-25-11-5-12-26-37)54-38-27-13-6-14-28-38/h3-14,21-28,31-32,47-48H,15-20,29-30H2,1-2H3. The lowest BCUT2D eigenvalue weighted by Crippen LogP contribution is -2.15. The molecular formula is C46H46N2O6P2. The van der Waals surface area contributed by atoms with Crippen molar-refractivity contribution in [2.45, 2.75) is 51.4 Å². The number of rotatable bonds is 15. The molecule has 10 heteroatoms. The average molecular weight is 785 g/mol. The molecule has 0 amide bonds. The van der Waals surface area contributed by atoms with Crippen molar-refractivity contribution < 1.29 is 27.6 Å². The normalized spacial score (nSPS) is 13.3. The topological polar surface area (TPSA) is 79.4 Å². The Labute approximate surface area is 332 Å². The summed E-state index contributed by atoms with van der Waals surface area (Å²) in [6.07, 6.45) is 8.16. The van der Waals surface area contributed by atoms with E-state index in [4.69, 9.17) is 27.6 Å². The maximum absolute atomic E-state index is 6.64. The molecule has 0 aliphatic heterocycles. The van der Waals surface area contributed by atoms with Crippen LogP contribution in [0, 0.1) is 0 Å². The molecule has 0 aromatic heterocycles. The maximum atomic E-state index is 6.64. The number of fused-ring (bicyclic) bond motifs is 2.